The summed E-state index contributed by atoms with van der Waals surface area (Å²) in [6.45, 7) is 3.43. The van der Waals surface area contributed by atoms with Crippen LogP contribution in [0.5, 0.6) is 0 Å². The normalized spacial score (nSPS) is 13.8. The molecule has 0 saturated carbocycles. The highest BCUT2D eigenvalue weighted by Crippen LogP contribution is 2.16. The Balaban J connectivity index is 2.89. The van der Waals surface area contributed by atoms with Crippen LogP contribution in [0.4, 0.5) is 5.69 Å². The molecular weight excluding hydrogens is 220 g/mol. The number of aromatic carboxylic acids is 1. The van der Waals surface area contributed by atoms with Crippen molar-refractivity contribution in [1.29, 1.82) is 0 Å². The highest BCUT2D eigenvalue weighted by Gasteiger charge is 2.19. The van der Waals surface area contributed by atoms with E-state index in [9.17, 15) is 9.59 Å². The van der Waals surface area contributed by atoms with Crippen molar-refractivity contribution in [3.8, 4) is 0 Å². The number of carbonyl (C=O) groups is 2. The highest BCUT2D eigenvalue weighted by molar-refractivity contribution is 6.01. The fourth-order valence-corrected chi connectivity index (χ4v) is 1.26. The van der Waals surface area contributed by atoms with Crippen molar-refractivity contribution < 1.29 is 14.7 Å². The zero-order valence-electron chi connectivity index (χ0n) is 9.81. The molecule has 0 radical (unpaired) electrons. The Bertz CT molecular complexity index is 430. The fourth-order valence-electron chi connectivity index (χ4n) is 1.26. The Kier molecular flexibility index (Phi) is 4.23. The maximum Gasteiger partial charge on any atom is 0.337 e. The van der Waals surface area contributed by atoms with Crippen LogP contribution in [-0.4, -0.2) is 23.0 Å². The molecule has 2 atom stereocenters. The van der Waals surface area contributed by atoms with E-state index in [1.165, 1.54) is 6.07 Å². The lowest BCUT2D eigenvalue weighted by molar-refractivity contribution is -0.119. The average Bonchev–Trinajstić information content (AvgIpc) is 2.28. The molecule has 0 saturated heterocycles. The predicted molar refractivity (Wildman–Crippen MR) is 64.8 cm³/mol. The second kappa shape index (κ2) is 5.45. The van der Waals surface area contributed by atoms with Gasteiger partial charge in [-0.2, -0.15) is 0 Å². The summed E-state index contributed by atoms with van der Waals surface area (Å²) in [4.78, 5) is 22.7. The minimum atomic E-state index is -1.07. The van der Waals surface area contributed by atoms with Crippen molar-refractivity contribution >= 4 is 17.6 Å². The van der Waals surface area contributed by atoms with Gasteiger partial charge in [0.15, 0.2) is 0 Å². The third-order valence-corrected chi connectivity index (χ3v) is 2.62. The van der Waals surface area contributed by atoms with Crippen LogP contribution in [0.1, 0.15) is 24.2 Å². The van der Waals surface area contributed by atoms with Crippen LogP contribution >= 0.6 is 0 Å². The summed E-state index contributed by atoms with van der Waals surface area (Å²) in [5.74, 6) is -1.74. The number of benzene rings is 1. The second-order valence-corrected chi connectivity index (χ2v) is 3.99. The number of nitrogens with two attached hydrogens (primary N) is 1. The Morgan fingerprint density at radius 2 is 1.88 bits per heavy atom. The monoisotopic (exact) mass is 236 g/mol. The molecule has 5 heteroatoms. The number of anilines is 1. The molecule has 1 rings (SSSR count). The summed E-state index contributed by atoms with van der Waals surface area (Å²) < 4.78 is 0. The van der Waals surface area contributed by atoms with Crippen molar-refractivity contribution in [1.82, 2.24) is 0 Å². The predicted octanol–water partition coefficient (Wildman–Crippen LogP) is 1.31. The van der Waals surface area contributed by atoms with Crippen LogP contribution < -0.4 is 11.1 Å². The molecule has 92 valence electrons. The molecule has 0 heterocycles. The summed E-state index contributed by atoms with van der Waals surface area (Å²) in [5, 5.41) is 11.5. The number of hydrogen-bond donors (Lipinski definition) is 3. The molecular formula is C12H16N2O3. The minimum absolute atomic E-state index is 0.0673. The summed E-state index contributed by atoms with van der Waals surface area (Å²) >= 11 is 0. The van der Waals surface area contributed by atoms with E-state index in [0.717, 1.165) is 0 Å². The summed E-state index contributed by atoms with van der Waals surface area (Å²) in [7, 11) is 0. The van der Waals surface area contributed by atoms with E-state index in [1.807, 2.05) is 0 Å². The molecule has 0 spiro atoms. The molecule has 1 aromatic carbocycles. The quantitative estimate of drug-likeness (QED) is 0.734. The first-order chi connectivity index (χ1) is 7.93. The highest BCUT2D eigenvalue weighted by atomic mass is 16.4. The van der Waals surface area contributed by atoms with Crippen LogP contribution in [0.15, 0.2) is 24.3 Å². The first-order valence-corrected chi connectivity index (χ1v) is 5.32. The van der Waals surface area contributed by atoms with Gasteiger partial charge < -0.3 is 16.2 Å². The second-order valence-electron chi connectivity index (χ2n) is 3.99. The number of para-hydroxylation sites is 1. The number of hydrogen-bond acceptors (Lipinski definition) is 3. The van der Waals surface area contributed by atoms with Gasteiger partial charge in [-0.05, 0) is 19.1 Å². The largest absolute Gasteiger partial charge is 0.478 e. The number of carbonyl (C=O) groups excluding carboxylic acids is 1. The van der Waals surface area contributed by atoms with E-state index in [1.54, 1.807) is 32.0 Å². The molecule has 0 fully saturated rings. The Hall–Kier alpha value is -1.88. The molecule has 1 aromatic rings. The first-order valence-electron chi connectivity index (χ1n) is 5.32. The van der Waals surface area contributed by atoms with Crippen LogP contribution in [0, 0.1) is 5.92 Å². The molecule has 0 aromatic heterocycles. The molecule has 0 aliphatic heterocycles. The molecule has 2 unspecified atom stereocenters. The van der Waals surface area contributed by atoms with Gasteiger partial charge in [-0.3, -0.25) is 4.79 Å². The molecule has 1 amide bonds. The van der Waals surface area contributed by atoms with Gasteiger partial charge in [-0.1, -0.05) is 19.1 Å². The lowest BCUT2D eigenvalue weighted by Crippen LogP contribution is -2.34. The van der Waals surface area contributed by atoms with E-state index < -0.39 is 5.97 Å². The van der Waals surface area contributed by atoms with Crippen molar-refractivity contribution in [2.24, 2.45) is 11.7 Å². The van der Waals surface area contributed by atoms with Gasteiger partial charge in [0.25, 0.3) is 0 Å². The van der Waals surface area contributed by atoms with E-state index in [2.05, 4.69) is 5.32 Å². The Labute approximate surface area is 99.6 Å². The van der Waals surface area contributed by atoms with Gasteiger partial charge in [-0.15, -0.1) is 0 Å². The minimum Gasteiger partial charge on any atom is -0.478 e. The summed E-state index contributed by atoms with van der Waals surface area (Å²) in [6, 6.07) is 5.98. The van der Waals surface area contributed by atoms with E-state index in [-0.39, 0.29) is 29.1 Å². The first kappa shape index (κ1) is 13.2. The molecule has 5 nitrogen and oxygen atoms in total. The van der Waals surface area contributed by atoms with Gasteiger partial charge in [0.1, 0.15) is 0 Å². The molecule has 17 heavy (non-hydrogen) atoms. The Morgan fingerprint density at radius 1 is 1.29 bits per heavy atom. The zero-order valence-corrected chi connectivity index (χ0v) is 9.81. The molecule has 0 aliphatic rings. The van der Waals surface area contributed by atoms with Crippen LogP contribution in [0.3, 0.4) is 0 Å². The zero-order chi connectivity index (χ0) is 13.0. The molecule has 4 N–H and O–H groups in total. The number of carboxylic acid groups (broad SMARTS) is 1. The topological polar surface area (TPSA) is 92.4 Å². The number of carboxylic acids is 1. The summed E-state index contributed by atoms with van der Waals surface area (Å²) in [5.41, 5.74) is 5.97. The van der Waals surface area contributed by atoms with Crippen LogP contribution in [-0.2, 0) is 4.79 Å². The van der Waals surface area contributed by atoms with Crippen LogP contribution in [0.2, 0.25) is 0 Å². The molecule has 0 bridgehead atoms. The summed E-state index contributed by atoms with van der Waals surface area (Å²) in [6.07, 6.45) is 0. The lowest BCUT2D eigenvalue weighted by Gasteiger charge is -2.16. The van der Waals surface area contributed by atoms with Crippen molar-refractivity contribution in [2.75, 3.05) is 5.32 Å². The maximum atomic E-state index is 11.7. The van der Waals surface area contributed by atoms with E-state index in [4.69, 9.17) is 10.8 Å². The van der Waals surface area contributed by atoms with Gasteiger partial charge in [0.2, 0.25) is 5.91 Å². The van der Waals surface area contributed by atoms with Gasteiger partial charge in [0, 0.05) is 6.04 Å². The van der Waals surface area contributed by atoms with Gasteiger partial charge in [0.05, 0.1) is 17.2 Å². The smallest absolute Gasteiger partial charge is 0.337 e. The number of nitrogens with one attached hydrogen (secondary N) is 1. The standard InChI is InChI=1S/C12H16N2O3/c1-7(8(2)13)11(15)14-10-6-4-3-5-9(10)12(16)17/h3-8H,13H2,1-2H3,(H,14,15)(H,16,17). The fraction of sp³-hybridized carbons (Fsp3) is 0.333. The third kappa shape index (κ3) is 3.29. The van der Waals surface area contributed by atoms with Gasteiger partial charge in [-0.25, -0.2) is 4.79 Å². The SMILES string of the molecule is CC(N)C(C)C(=O)Nc1ccccc1C(=O)O. The van der Waals surface area contributed by atoms with Crippen LogP contribution in [0.25, 0.3) is 0 Å². The molecule has 0 aliphatic carbocycles. The Morgan fingerprint density at radius 3 is 2.41 bits per heavy atom. The van der Waals surface area contributed by atoms with Crippen molar-refractivity contribution in [3.05, 3.63) is 29.8 Å². The van der Waals surface area contributed by atoms with Gasteiger partial charge >= 0.3 is 5.97 Å². The third-order valence-electron chi connectivity index (χ3n) is 2.62. The van der Waals surface area contributed by atoms with Crippen molar-refractivity contribution in [2.45, 2.75) is 19.9 Å². The van der Waals surface area contributed by atoms with Crippen molar-refractivity contribution in [3.63, 3.8) is 0 Å². The van der Waals surface area contributed by atoms with E-state index >= 15 is 0 Å². The van der Waals surface area contributed by atoms with E-state index in [0.29, 0.717) is 0 Å². The number of amides is 1. The maximum absolute atomic E-state index is 11.7. The average molecular weight is 236 g/mol. The number of rotatable bonds is 4. The lowest BCUT2D eigenvalue weighted by atomic mass is 10.0.